The van der Waals surface area contributed by atoms with Crippen molar-refractivity contribution in [3.63, 3.8) is 0 Å². The lowest BCUT2D eigenvalue weighted by molar-refractivity contribution is -0.127. The molecule has 1 saturated heterocycles. The van der Waals surface area contributed by atoms with Crippen molar-refractivity contribution in [2.75, 3.05) is 32.8 Å². The molecule has 1 atom stereocenters. The number of piperazine rings is 1. The van der Waals surface area contributed by atoms with Gasteiger partial charge in [-0.05, 0) is 19.4 Å². The van der Waals surface area contributed by atoms with E-state index < -0.39 is 5.92 Å². The number of thioether (sulfide) groups is 1. The van der Waals surface area contributed by atoms with Crippen LogP contribution in [0.15, 0.2) is 20.5 Å². The molecule has 0 spiro atoms. The van der Waals surface area contributed by atoms with Crippen molar-refractivity contribution in [1.29, 1.82) is 0 Å². The second kappa shape index (κ2) is 6.76. The molecule has 0 bridgehead atoms. The first-order chi connectivity index (χ1) is 11.5. The molecule has 9 heteroatoms. The SMILES string of the molecule is CCOC(=O)N1CCN(C(=O)C2=C(C)C3C(=O)N=CN=C3S2)CC1. The summed E-state index contributed by atoms with van der Waals surface area (Å²) in [5.74, 6) is -0.911. The molecule has 3 aliphatic heterocycles. The number of ether oxygens (including phenoxy) is 1. The molecule has 0 aromatic carbocycles. The van der Waals surface area contributed by atoms with Crippen LogP contribution < -0.4 is 0 Å². The third kappa shape index (κ3) is 2.95. The van der Waals surface area contributed by atoms with Gasteiger partial charge in [0, 0.05) is 26.2 Å². The number of carbonyl (C=O) groups excluding carboxylic acids is 3. The summed E-state index contributed by atoms with van der Waals surface area (Å²) in [5.41, 5.74) is 0.707. The van der Waals surface area contributed by atoms with Gasteiger partial charge in [-0.1, -0.05) is 11.8 Å². The molecule has 0 saturated carbocycles. The molecule has 0 aliphatic carbocycles. The summed E-state index contributed by atoms with van der Waals surface area (Å²) in [6, 6.07) is 0. The molecule has 0 aromatic rings. The van der Waals surface area contributed by atoms with Gasteiger partial charge in [0.05, 0.1) is 16.6 Å². The molecule has 128 valence electrons. The monoisotopic (exact) mass is 350 g/mol. The summed E-state index contributed by atoms with van der Waals surface area (Å²) in [4.78, 5) is 48.0. The second-order valence-electron chi connectivity index (χ2n) is 5.58. The molecule has 1 unspecified atom stereocenters. The number of nitrogens with zero attached hydrogens (tertiary/aromatic N) is 4. The Bertz CT molecular complexity index is 677. The summed E-state index contributed by atoms with van der Waals surface area (Å²) >= 11 is 1.24. The fraction of sp³-hybridized carbons (Fsp3) is 0.533. The van der Waals surface area contributed by atoms with Crippen molar-refractivity contribution < 1.29 is 19.1 Å². The van der Waals surface area contributed by atoms with E-state index >= 15 is 0 Å². The van der Waals surface area contributed by atoms with Crippen LogP contribution in [0.1, 0.15) is 13.8 Å². The highest BCUT2D eigenvalue weighted by atomic mass is 32.2. The number of hydrogen-bond acceptors (Lipinski definition) is 6. The number of hydrogen-bond donors (Lipinski definition) is 0. The van der Waals surface area contributed by atoms with Gasteiger partial charge < -0.3 is 14.5 Å². The highest BCUT2D eigenvalue weighted by molar-refractivity contribution is 8.18. The van der Waals surface area contributed by atoms with Gasteiger partial charge in [-0.3, -0.25) is 9.59 Å². The first-order valence-corrected chi connectivity index (χ1v) is 8.58. The van der Waals surface area contributed by atoms with Gasteiger partial charge in [-0.25, -0.2) is 14.8 Å². The quantitative estimate of drug-likeness (QED) is 0.737. The fourth-order valence-corrected chi connectivity index (χ4v) is 4.03. The van der Waals surface area contributed by atoms with E-state index in [9.17, 15) is 14.4 Å². The Morgan fingerprint density at radius 1 is 1.29 bits per heavy atom. The van der Waals surface area contributed by atoms with E-state index in [0.29, 0.717) is 48.3 Å². The van der Waals surface area contributed by atoms with E-state index in [1.165, 1.54) is 18.1 Å². The maximum Gasteiger partial charge on any atom is 0.409 e. The van der Waals surface area contributed by atoms with E-state index in [1.54, 1.807) is 23.6 Å². The lowest BCUT2D eigenvalue weighted by Crippen LogP contribution is -2.50. The third-order valence-corrected chi connectivity index (χ3v) is 5.40. The second-order valence-corrected chi connectivity index (χ2v) is 6.61. The zero-order valence-electron chi connectivity index (χ0n) is 13.5. The molecule has 3 rings (SSSR count). The first kappa shape index (κ1) is 16.7. The van der Waals surface area contributed by atoms with Gasteiger partial charge >= 0.3 is 6.09 Å². The van der Waals surface area contributed by atoms with Gasteiger partial charge in [-0.2, -0.15) is 0 Å². The molecule has 3 aliphatic rings. The van der Waals surface area contributed by atoms with Crippen LogP contribution in [0.25, 0.3) is 0 Å². The lowest BCUT2D eigenvalue weighted by Gasteiger charge is -2.34. The van der Waals surface area contributed by atoms with Crippen LogP contribution in [0.4, 0.5) is 4.79 Å². The molecular formula is C15H18N4O4S. The summed E-state index contributed by atoms with van der Waals surface area (Å²) in [6.07, 6.45) is 0.887. The standard InChI is InChI=1S/C15H18N4O4S/c1-3-23-15(22)19-6-4-18(5-7-19)14(21)11-9(2)10-12(20)16-8-17-13(10)24-11/h8,10H,3-7H2,1-2H3. The predicted molar refractivity (Wildman–Crippen MR) is 89.9 cm³/mol. The average Bonchev–Trinajstić information content (AvgIpc) is 2.93. The van der Waals surface area contributed by atoms with Gasteiger partial charge in [0.2, 0.25) is 0 Å². The van der Waals surface area contributed by atoms with E-state index in [4.69, 9.17) is 4.74 Å². The van der Waals surface area contributed by atoms with Crippen LogP contribution in [0, 0.1) is 5.92 Å². The van der Waals surface area contributed by atoms with Crippen molar-refractivity contribution in [2.45, 2.75) is 13.8 Å². The predicted octanol–water partition coefficient (Wildman–Crippen LogP) is 0.891. The Kier molecular flexibility index (Phi) is 4.70. The zero-order valence-corrected chi connectivity index (χ0v) is 14.3. The normalized spacial score (nSPS) is 23.3. The zero-order chi connectivity index (χ0) is 17.3. The largest absolute Gasteiger partial charge is 0.450 e. The van der Waals surface area contributed by atoms with Gasteiger partial charge in [0.1, 0.15) is 12.3 Å². The number of carbonyl (C=O) groups is 3. The van der Waals surface area contributed by atoms with Crippen LogP contribution in [0.2, 0.25) is 0 Å². The molecule has 3 amide bonds. The Balaban J connectivity index is 1.66. The van der Waals surface area contributed by atoms with Gasteiger partial charge in [0.25, 0.3) is 11.8 Å². The molecule has 1 fully saturated rings. The Hall–Kier alpha value is -2.16. The van der Waals surface area contributed by atoms with Crippen LogP contribution in [-0.4, -0.2) is 71.9 Å². The lowest BCUT2D eigenvalue weighted by atomic mass is 10.00. The third-order valence-electron chi connectivity index (χ3n) is 4.15. The van der Waals surface area contributed by atoms with Crippen molar-refractivity contribution in [3.05, 3.63) is 10.5 Å². The highest BCUT2D eigenvalue weighted by Gasteiger charge is 2.40. The maximum atomic E-state index is 12.8. The Morgan fingerprint density at radius 3 is 2.58 bits per heavy atom. The Morgan fingerprint density at radius 2 is 1.96 bits per heavy atom. The van der Waals surface area contributed by atoms with Crippen molar-refractivity contribution in [2.24, 2.45) is 15.9 Å². The summed E-state index contributed by atoms with van der Waals surface area (Å²) in [5, 5.41) is 0.612. The maximum absolute atomic E-state index is 12.8. The number of amides is 3. The summed E-state index contributed by atoms with van der Waals surface area (Å²) in [7, 11) is 0. The average molecular weight is 350 g/mol. The molecule has 24 heavy (non-hydrogen) atoms. The van der Waals surface area contributed by atoms with Crippen LogP contribution in [0.3, 0.4) is 0 Å². The van der Waals surface area contributed by atoms with Crippen molar-refractivity contribution >= 4 is 41.1 Å². The fourth-order valence-electron chi connectivity index (χ4n) is 2.83. The van der Waals surface area contributed by atoms with Crippen LogP contribution >= 0.6 is 11.8 Å². The van der Waals surface area contributed by atoms with E-state index in [0.717, 1.165) is 0 Å². The molecule has 0 aromatic heterocycles. The molecular weight excluding hydrogens is 332 g/mol. The van der Waals surface area contributed by atoms with Gasteiger partial charge in [0.15, 0.2) is 0 Å². The van der Waals surface area contributed by atoms with Gasteiger partial charge in [-0.15, -0.1) is 0 Å². The van der Waals surface area contributed by atoms with Crippen molar-refractivity contribution in [3.8, 4) is 0 Å². The van der Waals surface area contributed by atoms with E-state index in [-0.39, 0.29) is 17.9 Å². The van der Waals surface area contributed by atoms with E-state index in [2.05, 4.69) is 9.98 Å². The molecule has 0 radical (unpaired) electrons. The minimum Gasteiger partial charge on any atom is -0.450 e. The number of rotatable bonds is 2. The molecule has 8 nitrogen and oxygen atoms in total. The topological polar surface area (TPSA) is 91.6 Å². The minimum atomic E-state index is -0.514. The smallest absolute Gasteiger partial charge is 0.409 e. The summed E-state index contributed by atoms with van der Waals surface area (Å²) < 4.78 is 4.97. The van der Waals surface area contributed by atoms with Crippen LogP contribution in [0.5, 0.6) is 0 Å². The highest BCUT2D eigenvalue weighted by Crippen LogP contribution is 2.40. The first-order valence-electron chi connectivity index (χ1n) is 7.76. The summed E-state index contributed by atoms with van der Waals surface area (Å²) in [6.45, 7) is 5.63. The minimum absolute atomic E-state index is 0.120. The Labute approximate surface area is 143 Å². The van der Waals surface area contributed by atoms with Crippen molar-refractivity contribution in [1.82, 2.24) is 9.80 Å². The molecule has 3 heterocycles. The number of fused-ring (bicyclic) bond motifs is 1. The van der Waals surface area contributed by atoms with E-state index in [1.807, 2.05) is 0 Å². The molecule has 0 N–H and O–H groups in total. The van der Waals surface area contributed by atoms with Crippen LogP contribution in [-0.2, 0) is 14.3 Å². The number of aliphatic imine (C=N–C) groups is 2.